The lowest BCUT2D eigenvalue weighted by molar-refractivity contribution is 0.299. The third-order valence-corrected chi connectivity index (χ3v) is 4.11. The van der Waals surface area contributed by atoms with Crippen LogP contribution in [0, 0.1) is 0 Å². The molecule has 0 atom stereocenters. The van der Waals surface area contributed by atoms with Gasteiger partial charge in [-0.3, -0.25) is 0 Å². The van der Waals surface area contributed by atoms with E-state index in [-0.39, 0.29) is 13.2 Å². The van der Waals surface area contributed by atoms with E-state index in [2.05, 4.69) is 9.80 Å². The van der Waals surface area contributed by atoms with Crippen molar-refractivity contribution in [2.24, 2.45) is 0 Å². The number of aliphatic hydroxyl groups is 2. The number of benzene rings is 2. The first kappa shape index (κ1) is 18.9. The van der Waals surface area contributed by atoms with Crippen LogP contribution in [0.25, 0.3) is 0 Å². The summed E-state index contributed by atoms with van der Waals surface area (Å²) in [4.78, 5) is 4.28. The smallest absolute Gasteiger partial charge is 0.0606 e. The number of nitrogen functional groups attached to an aromatic ring is 2. The summed E-state index contributed by atoms with van der Waals surface area (Å²) in [5.41, 5.74) is 15.0. The van der Waals surface area contributed by atoms with Gasteiger partial charge in [-0.1, -0.05) is 0 Å². The molecule has 6 N–H and O–H groups in total. The highest BCUT2D eigenvalue weighted by Gasteiger charge is 2.09. The number of nitrogens with two attached hydrogens (primary N) is 2. The van der Waals surface area contributed by atoms with E-state index >= 15 is 0 Å². The Balaban J connectivity index is 1.96. The second kappa shape index (κ2) is 9.76. The van der Waals surface area contributed by atoms with Gasteiger partial charge in [0.1, 0.15) is 0 Å². The van der Waals surface area contributed by atoms with Crippen molar-refractivity contribution in [3.63, 3.8) is 0 Å². The molecule has 0 radical (unpaired) electrons. The lowest BCUT2D eigenvalue weighted by Crippen LogP contribution is -2.33. The zero-order chi connectivity index (χ0) is 18.1. The molecule has 0 saturated carbocycles. The molecule has 0 amide bonds. The zero-order valence-electron chi connectivity index (χ0n) is 14.5. The Morgan fingerprint density at radius 3 is 1.28 bits per heavy atom. The third kappa shape index (κ3) is 5.85. The molecule has 0 aliphatic carbocycles. The first-order valence-electron chi connectivity index (χ1n) is 8.56. The molecule has 0 spiro atoms. The Morgan fingerprint density at radius 2 is 0.960 bits per heavy atom. The maximum Gasteiger partial charge on any atom is 0.0606 e. The number of aliphatic hydroxyl groups excluding tert-OH is 2. The van der Waals surface area contributed by atoms with Crippen molar-refractivity contribution in [1.82, 2.24) is 0 Å². The van der Waals surface area contributed by atoms with Crippen LogP contribution >= 0.6 is 0 Å². The molecule has 6 heteroatoms. The van der Waals surface area contributed by atoms with E-state index in [1.165, 1.54) is 0 Å². The summed E-state index contributed by atoms with van der Waals surface area (Å²) in [5.74, 6) is 0. The van der Waals surface area contributed by atoms with Crippen molar-refractivity contribution in [2.75, 3.05) is 60.7 Å². The minimum atomic E-state index is 0.0999. The molecule has 2 aromatic rings. The van der Waals surface area contributed by atoms with Crippen LogP contribution in [0.3, 0.4) is 0 Å². The fourth-order valence-corrected chi connectivity index (χ4v) is 2.80. The maximum absolute atomic E-state index is 9.33. The molecule has 0 bridgehead atoms. The molecular formula is C19H28N4O2. The van der Waals surface area contributed by atoms with E-state index in [0.717, 1.165) is 42.3 Å². The normalized spacial score (nSPS) is 10.6. The fraction of sp³-hybridized carbons (Fsp3) is 0.368. The minimum Gasteiger partial charge on any atom is -0.399 e. The van der Waals surface area contributed by atoms with Gasteiger partial charge in [0.2, 0.25) is 0 Å². The molecular weight excluding hydrogens is 316 g/mol. The lowest BCUT2D eigenvalue weighted by Gasteiger charge is -2.28. The zero-order valence-corrected chi connectivity index (χ0v) is 14.5. The van der Waals surface area contributed by atoms with E-state index < -0.39 is 0 Å². The van der Waals surface area contributed by atoms with Crippen LogP contribution in [0.15, 0.2) is 48.5 Å². The van der Waals surface area contributed by atoms with E-state index in [1.54, 1.807) is 0 Å². The van der Waals surface area contributed by atoms with Gasteiger partial charge < -0.3 is 31.5 Å². The standard InChI is InChI=1S/C19H28N4O2/c20-16-2-6-18(7-3-16)22(12-14-24)10-1-11-23(13-15-25)19-8-4-17(21)5-9-19/h2-9,24-25H,1,10-15,20-21H2. The van der Waals surface area contributed by atoms with Crippen LogP contribution in [0.1, 0.15) is 6.42 Å². The van der Waals surface area contributed by atoms with Gasteiger partial charge in [0, 0.05) is 48.9 Å². The van der Waals surface area contributed by atoms with Crippen LogP contribution < -0.4 is 21.3 Å². The van der Waals surface area contributed by atoms with Gasteiger partial charge in [0.05, 0.1) is 13.2 Å². The third-order valence-electron chi connectivity index (χ3n) is 4.11. The Kier molecular flexibility index (Phi) is 7.37. The fourth-order valence-electron chi connectivity index (χ4n) is 2.80. The summed E-state index contributed by atoms with van der Waals surface area (Å²) in [7, 11) is 0. The molecule has 0 heterocycles. The Morgan fingerprint density at radius 1 is 0.600 bits per heavy atom. The molecule has 0 saturated heterocycles. The van der Waals surface area contributed by atoms with Gasteiger partial charge in [-0.05, 0) is 55.0 Å². The Labute approximate surface area is 149 Å². The minimum absolute atomic E-state index is 0.0999. The molecule has 0 unspecified atom stereocenters. The van der Waals surface area contributed by atoms with Crippen LogP contribution in [0.4, 0.5) is 22.7 Å². The van der Waals surface area contributed by atoms with Gasteiger partial charge in [-0.2, -0.15) is 0 Å². The van der Waals surface area contributed by atoms with Crippen LogP contribution in [-0.4, -0.2) is 49.6 Å². The molecule has 0 aliphatic rings. The van der Waals surface area contributed by atoms with Gasteiger partial charge in [-0.15, -0.1) is 0 Å². The molecule has 136 valence electrons. The maximum atomic E-state index is 9.33. The number of hydrogen-bond donors (Lipinski definition) is 4. The summed E-state index contributed by atoms with van der Waals surface area (Å²) >= 11 is 0. The SMILES string of the molecule is Nc1ccc(N(CCO)CCCN(CCO)c2ccc(N)cc2)cc1. The summed E-state index contributed by atoms with van der Waals surface area (Å²) in [6, 6.07) is 15.3. The molecule has 2 aromatic carbocycles. The highest BCUT2D eigenvalue weighted by atomic mass is 16.3. The number of nitrogens with zero attached hydrogens (tertiary/aromatic N) is 2. The predicted molar refractivity (Wildman–Crippen MR) is 105 cm³/mol. The van der Waals surface area contributed by atoms with Crippen LogP contribution in [-0.2, 0) is 0 Å². The molecule has 0 fully saturated rings. The average molecular weight is 344 g/mol. The Hall–Kier alpha value is -2.44. The first-order valence-corrected chi connectivity index (χ1v) is 8.56. The average Bonchev–Trinajstić information content (AvgIpc) is 2.62. The predicted octanol–water partition coefficient (Wildman–Crippen LogP) is 1.54. The summed E-state index contributed by atoms with van der Waals surface area (Å²) in [6.07, 6.45) is 0.898. The van der Waals surface area contributed by atoms with E-state index in [4.69, 9.17) is 11.5 Å². The molecule has 0 aliphatic heterocycles. The van der Waals surface area contributed by atoms with Gasteiger partial charge >= 0.3 is 0 Å². The van der Waals surface area contributed by atoms with E-state index in [1.807, 2.05) is 48.5 Å². The molecule has 2 rings (SSSR count). The number of anilines is 4. The number of hydrogen-bond acceptors (Lipinski definition) is 6. The van der Waals surface area contributed by atoms with Crippen molar-refractivity contribution in [3.8, 4) is 0 Å². The quantitative estimate of drug-likeness (QED) is 0.488. The van der Waals surface area contributed by atoms with Crippen LogP contribution in [0.5, 0.6) is 0 Å². The molecule has 25 heavy (non-hydrogen) atoms. The monoisotopic (exact) mass is 344 g/mol. The van der Waals surface area contributed by atoms with Crippen LogP contribution in [0.2, 0.25) is 0 Å². The van der Waals surface area contributed by atoms with E-state index in [9.17, 15) is 10.2 Å². The van der Waals surface area contributed by atoms with E-state index in [0.29, 0.717) is 13.1 Å². The van der Waals surface area contributed by atoms with Crippen molar-refractivity contribution in [1.29, 1.82) is 0 Å². The second-order valence-corrected chi connectivity index (χ2v) is 5.96. The van der Waals surface area contributed by atoms with Crippen molar-refractivity contribution >= 4 is 22.7 Å². The lowest BCUT2D eigenvalue weighted by atomic mass is 10.2. The highest BCUT2D eigenvalue weighted by molar-refractivity contribution is 5.54. The summed E-state index contributed by atoms with van der Waals surface area (Å²) < 4.78 is 0. The first-order chi connectivity index (χ1) is 12.1. The molecule has 0 aromatic heterocycles. The second-order valence-electron chi connectivity index (χ2n) is 5.96. The number of rotatable bonds is 10. The van der Waals surface area contributed by atoms with Gasteiger partial charge in [0.15, 0.2) is 0 Å². The Bertz CT molecular complexity index is 561. The largest absolute Gasteiger partial charge is 0.399 e. The highest BCUT2D eigenvalue weighted by Crippen LogP contribution is 2.19. The summed E-state index contributed by atoms with van der Waals surface area (Å²) in [6.45, 7) is 2.96. The van der Waals surface area contributed by atoms with Gasteiger partial charge in [-0.25, -0.2) is 0 Å². The van der Waals surface area contributed by atoms with Crippen molar-refractivity contribution in [3.05, 3.63) is 48.5 Å². The van der Waals surface area contributed by atoms with Gasteiger partial charge in [0.25, 0.3) is 0 Å². The van der Waals surface area contributed by atoms with Crippen molar-refractivity contribution in [2.45, 2.75) is 6.42 Å². The van der Waals surface area contributed by atoms with Crippen molar-refractivity contribution < 1.29 is 10.2 Å². The topological polar surface area (TPSA) is 99.0 Å². The summed E-state index contributed by atoms with van der Waals surface area (Å²) in [5, 5.41) is 18.7. The molecule has 6 nitrogen and oxygen atoms in total.